The van der Waals surface area contributed by atoms with Gasteiger partial charge in [0, 0.05) is 17.3 Å². The van der Waals surface area contributed by atoms with Gasteiger partial charge in [0.2, 0.25) is 0 Å². The number of piperidine rings is 1. The first-order chi connectivity index (χ1) is 11.8. The van der Waals surface area contributed by atoms with Gasteiger partial charge in [-0.05, 0) is 61.7 Å². The fourth-order valence-electron chi connectivity index (χ4n) is 3.12. The van der Waals surface area contributed by atoms with E-state index in [0.29, 0.717) is 11.6 Å². The maximum Gasteiger partial charge on any atom is 0.255 e. The quantitative estimate of drug-likeness (QED) is 0.883. The summed E-state index contributed by atoms with van der Waals surface area (Å²) in [6.45, 7) is 1.09. The number of nitrogens with one attached hydrogen (secondary N) is 2. The van der Waals surface area contributed by atoms with E-state index in [1.807, 2.05) is 18.2 Å². The number of methoxy groups -OCH3 is 1. The summed E-state index contributed by atoms with van der Waals surface area (Å²) in [6, 6.07) is 15.7. The number of ether oxygens (including phenoxy) is 1. The van der Waals surface area contributed by atoms with Gasteiger partial charge in [-0.1, -0.05) is 24.6 Å². The molecule has 1 fully saturated rings. The third-order valence-corrected chi connectivity index (χ3v) is 4.50. The van der Waals surface area contributed by atoms with Crippen molar-refractivity contribution in [1.29, 1.82) is 0 Å². The van der Waals surface area contributed by atoms with Crippen molar-refractivity contribution < 1.29 is 9.53 Å². The number of rotatable bonds is 5. The van der Waals surface area contributed by atoms with Crippen LogP contribution in [0.2, 0.25) is 0 Å². The average molecular weight is 324 g/mol. The Hall–Kier alpha value is -2.33. The molecule has 24 heavy (non-hydrogen) atoms. The van der Waals surface area contributed by atoms with Crippen LogP contribution in [0.5, 0.6) is 5.75 Å². The second-order valence-corrected chi connectivity index (χ2v) is 6.19. The monoisotopic (exact) mass is 324 g/mol. The zero-order chi connectivity index (χ0) is 16.8. The molecule has 0 aromatic heterocycles. The Morgan fingerprint density at radius 3 is 2.67 bits per heavy atom. The molecule has 126 valence electrons. The Morgan fingerprint density at radius 1 is 1.17 bits per heavy atom. The first kappa shape index (κ1) is 16.5. The number of carbonyl (C=O) groups excluding carboxylic acids is 1. The van der Waals surface area contributed by atoms with Crippen LogP contribution in [0, 0.1) is 0 Å². The highest BCUT2D eigenvalue weighted by atomic mass is 16.5. The molecule has 0 bridgehead atoms. The van der Waals surface area contributed by atoms with E-state index >= 15 is 0 Å². The van der Waals surface area contributed by atoms with E-state index in [2.05, 4.69) is 16.7 Å². The molecule has 0 spiro atoms. The summed E-state index contributed by atoms with van der Waals surface area (Å²) in [5.41, 5.74) is 2.70. The molecule has 2 aromatic rings. The van der Waals surface area contributed by atoms with Gasteiger partial charge in [-0.2, -0.15) is 0 Å². The molecule has 0 radical (unpaired) electrons. The van der Waals surface area contributed by atoms with Gasteiger partial charge >= 0.3 is 0 Å². The van der Waals surface area contributed by atoms with E-state index in [-0.39, 0.29) is 5.91 Å². The Bertz CT molecular complexity index is 676. The van der Waals surface area contributed by atoms with Crippen molar-refractivity contribution in [3.05, 3.63) is 59.7 Å². The van der Waals surface area contributed by atoms with Crippen LogP contribution in [0.25, 0.3) is 0 Å². The van der Waals surface area contributed by atoms with Gasteiger partial charge < -0.3 is 15.4 Å². The van der Waals surface area contributed by atoms with Crippen molar-refractivity contribution in [3.63, 3.8) is 0 Å². The van der Waals surface area contributed by atoms with E-state index in [9.17, 15) is 4.79 Å². The minimum absolute atomic E-state index is 0.0956. The summed E-state index contributed by atoms with van der Waals surface area (Å²) in [4.78, 5) is 12.5. The maximum atomic E-state index is 12.5. The Balaban J connectivity index is 1.70. The number of anilines is 1. The molecular formula is C20H24N2O2. The molecule has 4 nitrogen and oxygen atoms in total. The van der Waals surface area contributed by atoms with Gasteiger partial charge in [-0.25, -0.2) is 0 Å². The minimum atomic E-state index is -0.0956. The molecule has 1 saturated heterocycles. The smallest absolute Gasteiger partial charge is 0.255 e. The molecule has 4 heteroatoms. The molecule has 1 heterocycles. The number of hydrogen-bond donors (Lipinski definition) is 2. The number of amides is 1. The normalized spacial score (nSPS) is 17.3. The van der Waals surface area contributed by atoms with Gasteiger partial charge in [-0.3, -0.25) is 4.79 Å². The highest BCUT2D eigenvalue weighted by molar-refractivity contribution is 6.04. The maximum absolute atomic E-state index is 12.5. The lowest BCUT2D eigenvalue weighted by molar-refractivity contribution is 0.102. The largest absolute Gasteiger partial charge is 0.497 e. The number of hydrogen-bond acceptors (Lipinski definition) is 3. The van der Waals surface area contributed by atoms with Crippen LogP contribution in [-0.2, 0) is 6.42 Å². The summed E-state index contributed by atoms with van der Waals surface area (Å²) in [6.07, 6.45) is 4.67. The summed E-state index contributed by atoms with van der Waals surface area (Å²) in [7, 11) is 1.62. The molecule has 1 amide bonds. The molecular weight excluding hydrogens is 300 g/mol. The summed E-state index contributed by atoms with van der Waals surface area (Å²) < 4.78 is 5.13. The van der Waals surface area contributed by atoms with E-state index in [1.165, 1.54) is 24.8 Å². The third-order valence-electron chi connectivity index (χ3n) is 4.50. The van der Waals surface area contributed by atoms with Crippen LogP contribution in [-0.4, -0.2) is 25.6 Å². The third kappa shape index (κ3) is 4.15. The molecule has 1 unspecified atom stereocenters. The first-order valence-electron chi connectivity index (χ1n) is 8.53. The van der Waals surface area contributed by atoms with Crippen LogP contribution in [0.1, 0.15) is 35.2 Å². The molecule has 1 atom stereocenters. The minimum Gasteiger partial charge on any atom is -0.497 e. The second-order valence-electron chi connectivity index (χ2n) is 6.19. The van der Waals surface area contributed by atoms with Crippen LogP contribution in [0.3, 0.4) is 0 Å². The van der Waals surface area contributed by atoms with Crippen molar-refractivity contribution in [2.24, 2.45) is 0 Å². The van der Waals surface area contributed by atoms with Crippen molar-refractivity contribution in [2.75, 3.05) is 19.0 Å². The predicted octanol–water partition coefficient (Wildman–Crippen LogP) is 3.63. The van der Waals surface area contributed by atoms with Gasteiger partial charge in [0.1, 0.15) is 5.75 Å². The molecule has 2 aromatic carbocycles. The Morgan fingerprint density at radius 2 is 1.96 bits per heavy atom. The SMILES string of the molecule is COc1ccc(C(=O)Nc2ccccc2CC2CCCCN2)cc1. The number of para-hydroxylation sites is 1. The molecule has 3 rings (SSSR count). The lowest BCUT2D eigenvalue weighted by Gasteiger charge is -2.24. The number of benzene rings is 2. The van der Waals surface area contributed by atoms with Crippen LogP contribution < -0.4 is 15.4 Å². The molecule has 2 N–H and O–H groups in total. The van der Waals surface area contributed by atoms with E-state index in [0.717, 1.165) is 24.4 Å². The van der Waals surface area contributed by atoms with Crippen molar-refractivity contribution >= 4 is 11.6 Å². The van der Waals surface area contributed by atoms with Gasteiger partial charge in [0.05, 0.1) is 7.11 Å². The second kappa shape index (κ2) is 7.97. The summed E-state index contributed by atoms with van der Waals surface area (Å²) >= 11 is 0. The molecule has 0 saturated carbocycles. The lowest BCUT2D eigenvalue weighted by atomic mass is 9.97. The zero-order valence-electron chi connectivity index (χ0n) is 14.0. The van der Waals surface area contributed by atoms with Crippen molar-refractivity contribution in [1.82, 2.24) is 5.32 Å². The van der Waals surface area contributed by atoms with Crippen LogP contribution >= 0.6 is 0 Å². The predicted molar refractivity (Wildman–Crippen MR) is 96.7 cm³/mol. The summed E-state index contributed by atoms with van der Waals surface area (Å²) in [5, 5.41) is 6.61. The average Bonchev–Trinajstić information content (AvgIpc) is 2.64. The number of carbonyl (C=O) groups is 1. The van der Waals surface area contributed by atoms with Gasteiger partial charge in [0.15, 0.2) is 0 Å². The highest BCUT2D eigenvalue weighted by Crippen LogP contribution is 2.21. The fourth-order valence-corrected chi connectivity index (χ4v) is 3.12. The van der Waals surface area contributed by atoms with Crippen LogP contribution in [0.4, 0.5) is 5.69 Å². The fraction of sp³-hybridized carbons (Fsp3) is 0.350. The van der Waals surface area contributed by atoms with Gasteiger partial charge in [-0.15, -0.1) is 0 Å². The Kier molecular flexibility index (Phi) is 5.49. The standard InChI is InChI=1S/C20H24N2O2/c1-24-18-11-9-15(10-12-18)20(23)22-19-8-3-2-6-16(19)14-17-7-4-5-13-21-17/h2-3,6,8-12,17,21H,4-5,7,13-14H2,1H3,(H,22,23). The van der Waals surface area contributed by atoms with E-state index in [1.54, 1.807) is 31.4 Å². The van der Waals surface area contributed by atoms with Gasteiger partial charge in [0.25, 0.3) is 5.91 Å². The lowest BCUT2D eigenvalue weighted by Crippen LogP contribution is -2.35. The molecule has 1 aliphatic rings. The first-order valence-corrected chi connectivity index (χ1v) is 8.53. The molecule has 0 aliphatic carbocycles. The van der Waals surface area contributed by atoms with Crippen molar-refractivity contribution in [3.8, 4) is 5.75 Å². The van der Waals surface area contributed by atoms with Crippen molar-refractivity contribution in [2.45, 2.75) is 31.7 Å². The van der Waals surface area contributed by atoms with E-state index in [4.69, 9.17) is 4.74 Å². The molecule has 1 aliphatic heterocycles. The van der Waals surface area contributed by atoms with Crippen LogP contribution in [0.15, 0.2) is 48.5 Å². The summed E-state index contributed by atoms with van der Waals surface area (Å²) in [5.74, 6) is 0.650. The zero-order valence-corrected chi connectivity index (χ0v) is 14.0. The Labute approximate surface area is 143 Å². The topological polar surface area (TPSA) is 50.4 Å². The highest BCUT2D eigenvalue weighted by Gasteiger charge is 2.16. The van der Waals surface area contributed by atoms with E-state index < -0.39 is 0 Å².